The molecule has 1 atom stereocenters. The first kappa shape index (κ1) is 20.2. The number of carbonyl (C=O) groups is 3. The van der Waals surface area contributed by atoms with Crippen LogP contribution in [0.3, 0.4) is 0 Å². The Morgan fingerprint density at radius 3 is 2.59 bits per heavy atom. The predicted molar refractivity (Wildman–Crippen MR) is 107 cm³/mol. The number of nitro benzene ring substituents is 1. The van der Waals surface area contributed by atoms with E-state index in [0.29, 0.717) is 10.7 Å². The quantitative estimate of drug-likeness (QED) is 0.313. The zero-order valence-electron chi connectivity index (χ0n) is 15.2. The van der Waals surface area contributed by atoms with Crippen molar-refractivity contribution in [2.75, 3.05) is 11.4 Å². The molecule has 0 aromatic heterocycles. The van der Waals surface area contributed by atoms with Crippen molar-refractivity contribution in [3.63, 3.8) is 0 Å². The summed E-state index contributed by atoms with van der Waals surface area (Å²) in [5.41, 5.74) is 0.158. The number of carbonyl (C=O) groups excluding carboxylic acids is 3. The fourth-order valence-corrected chi connectivity index (χ4v) is 3.26. The van der Waals surface area contributed by atoms with Crippen LogP contribution in [-0.2, 0) is 9.59 Å². The molecule has 1 heterocycles. The molecule has 1 fully saturated rings. The topological polar surface area (TPSA) is 101 Å². The van der Waals surface area contributed by atoms with E-state index in [2.05, 4.69) is 6.58 Å². The summed E-state index contributed by atoms with van der Waals surface area (Å²) in [6, 6.07) is 10.4. The van der Waals surface area contributed by atoms with Crippen LogP contribution in [0.2, 0.25) is 5.02 Å². The lowest BCUT2D eigenvalue weighted by atomic mass is 10.1. The smallest absolute Gasteiger partial charge is 0.270 e. The minimum absolute atomic E-state index is 0.000328. The number of halogens is 1. The van der Waals surface area contributed by atoms with Gasteiger partial charge in [-0.2, -0.15) is 0 Å². The van der Waals surface area contributed by atoms with Crippen LogP contribution in [0.25, 0.3) is 0 Å². The second-order valence-electron chi connectivity index (χ2n) is 6.32. The molecule has 148 valence electrons. The van der Waals surface area contributed by atoms with Gasteiger partial charge in [0.1, 0.15) is 6.04 Å². The molecule has 0 N–H and O–H groups in total. The Hall–Kier alpha value is -3.52. The molecule has 1 aliphatic heterocycles. The van der Waals surface area contributed by atoms with E-state index in [1.807, 2.05) is 0 Å². The van der Waals surface area contributed by atoms with Crippen LogP contribution in [0.15, 0.2) is 61.2 Å². The van der Waals surface area contributed by atoms with Crippen molar-refractivity contribution < 1.29 is 19.3 Å². The monoisotopic (exact) mass is 413 g/mol. The molecule has 29 heavy (non-hydrogen) atoms. The van der Waals surface area contributed by atoms with Gasteiger partial charge in [-0.15, -0.1) is 6.58 Å². The lowest BCUT2D eigenvalue weighted by Crippen LogP contribution is -2.45. The van der Waals surface area contributed by atoms with Crippen molar-refractivity contribution in [3.05, 3.63) is 81.9 Å². The van der Waals surface area contributed by atoms with Gasteiger partial charge in [0.2, 0.25) is 5.91 Å². The van der Waals surface area contributed by atoms with Gasteiger partial charge in [0, 0.05) is 29.3 Å². The fraction of sp³-hybridized carbons (Fsp3) is 0.150. The summed E-state index contributed by atoms with van der Waals surface area (Å²) in [4.78, 5) is 51.1. The Bertz CT molecular complexity index is 1010. The molecule has 1 unspecified atom stereocenters. The molecule has 2 aromatic rings. The summed E-state index contributed by atoms with van der Waals surface area (Å²) in [6.07, 6.45) is 1.23. The van der Waals surface area contributed by atoms with E-state index >= 15 is 0 Å². The van der Waals surface area contributed by atoms with E-state index in [1.165, 1.54) is 29.2 Å². The first-order valence-electron chi connectivity index (χ1n) is 8.62. The molecule has 0 spiro atoms. The zero-order valence-corrected chi connectivity index (χ0v) is 15.9. The van der Waals surface area contributed by atoms with Crippen LogP contribution in [0, 0.1) is 10.1 Å². The summed E-state index contributed by atoms with van der Waals surface area (Å²) in [6.45, 7) is 3.60. The fourth-order valence-electron chi connectivity index (χ4n) is 3.13. The first-order chi connectivity index (χ1) is 13.8. The second kappa shape index (κ2) is 8.24. The lowest BCUT2D eigenvalue weighted by Gasteiger charge is -2.26. The third kappa shape index (κ3) is 4.02. The molecule has 1 saturated heterocycles. The number of hydrogen-bond acceptors (Lipinski definition) is 5. The largest absolute Gasteiger partial charge is 0.322 e. The Labute approximate surface area is 171 Å². The third-order valence-electron chi connectivity index (χ3n) is 4.47. The number of nitro groups is 1. The second-order valence-corrected chi connectivity index (χ2v) is 6.75. The van der Waals surface area contributed by atoms with E-state index in [-0.39, 0.29) is 24.2 Å². The number of nitrogens with zero attached hydrogens (tertiary/aromatic N) is 3. The average Bonchev–Trinajstić information content (AvgIpc) is 3.00. The summed E-state index contributed by atoms with van der Waals surface area (Å²) in [5, 5.41) is 11.5. The van der Waals surface area contributed by atoms with E-state index in [9.17, 15) is 24.5 Å². The van der Waals surface area contributed by atoms with Crippen LogP contribution in [-0.4, -0.2) is 40.1 Å². The maximum atomic E-state index is 13.0. The maximum absolute atomic E-state index is 13.0. The lowest BCUT2D eigenvalue weighted by molar-refractivity contribution is -0.384. The number of hydrogen-bond donors (Lipinski definition) is 0. The van der Waals surface area contributed by atoms with E-state index in [4.69, 9.17) is 11.6 Å². The molecule has 3 rings (SSSR count). The predicted octanol–water partition coefficient (Wildman–Crippen LogP) is 3.21. The number of imide groups is 1. The minimum atomic E-state index is -1.04. The van der Waals surface area contributed by atoms with E-state index < -0.39 is 28.7 Å². The highest BCUT2D eigenvalue weighted by atomic mass is 35.5. The molecular formula is C20H16ClN3O5. The van der Waals surface area contributed by atoms with Crippen LogP contribution in [0.1, 0.15) is 16.8 Å². The van der Waals surface area contributed by atoms with Crippen molar-refractivity contribution in [3.8, 4) is 0 Å². The highest BCUT2D eigenvalue weighted by Gasteiger charge is 2.44. The normalized spacial score (nSPS) is 16.0. The van der Waals surface area contributed by atoms with Crippen molar-refractivity contribution >= 4 is 40.7 Å². The SMILES string of the molecule is C=CCN(C(=O)c1cccc([N+](=O)[O-])c1)C1CC(=O)N(c2ccc(Cl)cc2)C1=O. The Balaban J connectivity index is 1.92. The molecule has 1 aliphatic rings. The van der Waals surface area contributed by atoms with Gasteiger partial charge in [-0.05, 0) is 30.3 Å². The number of rotatable bonds is 6. The Kier molecular flexibility index (Phi) is 5.74. The number of non-ortho nitro benzene ring substituents is 1. The average molecular weight is 414 g/mol. The number of amides is 3. The van der Waals surface area contributed by atoms with Gasteiger partial charge >= 0.3 is 0 Å². The Morgan fingerprint density at radius 2 is 1.97 bits per heavy atom. The molecule has 0 aliphatic carbocycles. The van der Waals surface area contributed by atoms with Crippen molar-refractivity contribution in [1.82, 2.24) is 4.90 Å². The molecule has 0 radical (unpaired) electrons. The molecule has 8 nitrogen and oxygen atoms in total. The highest BCUT2D eigenvalue weighted by Crippen LogP contribution is 2.28. The van der Waals surface area contributed by atoms with Crippen molar-refractivity contribution in [1.29, 1.82) is 0 Å². The third-order valence-corrected chi connectivity index (χ3v) is 4.73. The van der Waals surface area contributed by atoms with Crippen LogP contribution < -0.4 is 4.90 Å². The number of anilines is 1. The summed E-state index contributed by atoms with van der Waals surface area (Å²) in [7, 11) is 0. The van der Waals surface area contributed by atoms with Gasteiger partial charge in [-0.1, -0.05) is 23.7 Å². The molecule has 0 saturated carbocycles. The zero-order chi connectivity index (χ0) is 21.1. The van der Waals surface area contributed by atoms with Gasteiger partial charge in [0.05, 0.1) is 17.0 Å². The van der Waals surface area contributed by atoms with Crippen LogP contribution >= 0.6 is 11.6 Å². The summed E-state index contributed by atoms with van der Waals surface area (Å²) in [5.74, 6) is -1.61. The van der Waals surface area contributed by atoms with Crippen LogP contribution in [0.4, 0.5) is 11.4 Å². The summed E-state index contributed by atoms with van der Waals surface area (Å²) >= 11 is 5.86. The highest BCUT2D eigenvalue weighted by molar-refractivity contribution is 6.31. The van der Waals surface area contributed by atoms with E-state index in [0.717, 1.165) is 11.0 Å². The van der Waals surface area contributed by atoms with Gasteiger partial charge in [0.25, 0.3) is 17.5 Å². The van der Waals surface area contributed by atoms with E-state index in [1.54, 1.807) is 24.3 Å². The minimum Gasteiger partial charge on any atom is -0.322 e. The van der Waals surface area contributed by atoms with Gasteiger partial charge < -0.3 is 4.90 Å². The molecule has 3 amide bonds. The molecule has 2 aromatic carbocycles. The standard InChI is InChI=1S/C20H16ClN3O5/c1-2-10-22(19(26)13-4-3-5-16(11-13)24(28)29)17-12-18(25)23(20(17)27)15-8-6-14(21)7-9-15/h2-9,11,17H,1,10,12H2. The number of benzene rings is 2. The van der Waals surface area contributed by atoms with Gasteiger partial charge in [-0.3, -0.25) is 24.5 Å². The Morgan fingerprint density at radius 1 is 1.28 bits per heavy atom. The van der Waals surface area contributed by atoms with Gasteiger partial charge in [-0.25, -0.2) is 4.90 Å². The van der Waals surface area contributed by atoms with Crippen LogP contribution in [0.5, 0.6) is 0 Å². The van der Waals surface area contributed by atoms with Crippen molar-refractivity contribution in [2.45, 2.75) is 12.5 Å². The molecule has 0 bridgehead atoms. The van der Waals surface area contributed by atoms with Crippen molar-refractivity contribution in [2.24, 2.45) is 0 Å². The van der Waals surface area contributed by atoms with Gasteiger partial charge in [0.15, 0.2) is 0 Å². The first-order valence-corrected chi connectivity index (χ1v) is 9.00. The molecular weight excluding hydrogens is 398 g/mol. The maximum Gasteiger partial charge on any atom is 0.270 e. The summed E-state index contributed by atoms with van der Waals surface area (Å²) < 4.78 is 0. The molecule has 9 heteroatoms.